The molecule has 14 heavy (non-hydrogen) atoms. The summed E-state index contributed by atoms with van der Waals surface area (Å²) in [6, 6.07) is 5.72. The standard InChI is InChI=1S/C10H10N2O2/c1-7-3-4-9-8(5-7)11-6-12(9)10(13)14-2/h3-6H,1-2H3. The van der Waals surface area contributed by atoms with Gasteiger partial charge in [-0.1, -0.05) is 6.07 Å². The quantitative estimate of drug-likeness (QED) is 0.637. The lowest BCUT2D eigenvalue weighted by Gasteiger charge is -1.99. The summed E-state index contributed by atoms with van der Waals surface area (Å²) < 4.78 is 6.00. The van der Waals surface area contributed by atoms with E-state index in [1.165, 1.54) is 18.0 Å². The maximum atomic E-state index is 11.3. The van der Waals surface area contributed by atoms with Crippen LogP contribution in [0.4, 0.5) is 4.79 Å². The van der Waals surface area contributed by atoms with Gasteiger partial charge in [0, 0.05) is 0 Å². The van der Waals surface area contributed by atoms with E-state index in [2.05, 4.69) is 9.72 Å². The predicted octanol–water partition coefficient (Wildman–Crippen LogP) is 1.96. The van der Waals surface area contributed by atoms with Crippen LogP contribution in [0.25, 0.3) is 11.0 Å². The molecule has 0 atom stereocenters. The molecular weight excluding hydrogens is 180 g/mol. The number of nitrogens with zero attached hydrogens (tertiary/aromatic N) is 2. The molecule has 0 unspecified atom stereocenters. The Morgan fingerprint density at radius 1 is 1.50 bits per heavy atom. The molecule has 0 bridgehead atoms. The summed E-state index contributed by atoms with van der Waals surface area (Å²) in [5.41, 5.74) is 2.69. The van der Waals surface area contributed by atoms with E-state index in [0.29, 0.717) is 0 Å². The Morgan fingerprint density at radius 3 is 3.00 bits per heavy atom. The molecule has 1 heterocycles. The highest BCUT2D eigenvalue weighted by atomic mass is 16.5. The Labute approximate surface area is 81.1 Å². The third-order valence-corrected chi connectivity index (χ3v) is 2.07. The molecule has 0 aliphatic rings. The highest BCUT2D eigenvalue weighted by molar-refractivity contribution is 5.86. The van der Waals surface area contributed by atoms with Crippen molar-refractivity contribution in [2.24, 2.45) is 0 Å². The molecule has 0 saturated heterocycles. The van der Waals surface area contributed by atoms with E-state index >= 15 is 0 Å². The first-order valence-corrected chi connectivity index (χ1v) is 4.24. The lowest BCUT2D eigenvalue weighted by atomic mass is 10.2. The van der Waals surface area contributed by atoms with Crippen molar-refractivity contribution in [2.75, 3.05) is 7.11 Å². The van der Waals surface area contributed by atoms with Crippen molar-refractivity contribution < 1.29 is 9.53 Å². The van der Waals surface area contributed by atoms with Crippen LogP contribution < -0.4 is 0 Å². The number of hydrogen-bond acceptors (Lipinski definition) is 3. The molecule has 1 aromatic carbocycles. The largest absolute Gasteiger partial charge is 0.452 e. The first-order chi connectivity index (χ1) is 6.72. The van der Waals surface area contributed by atoms with E-state index in [1.54, 1.807) is 0 Å². The molecule has 0 aliphatic carbocycles. The Hall–Kier alpha value is -1.84. The number of ether oxygens (including phenoxy) is 1. The highest BCUT2D eigenvalue weighted by Crippen LogP contribution is 2.14. The Morgan fingerprint density at radius 2 is 2.29 bits per heavy atom. The number of rotatable bonds is 0. The molecule has 0 aliphatic heterocycles. The van der Waals surface area contributed by atoms with E-state index in [9.17, 15) is 4.79 Å². The predicted molar refractivity (Wildman–Crippen MR) is 52.3 cm³/mol. The van der Waals surface area contributed by atoms with Crippen molar-refractivity contribution in [1.29, 1.82) is 0 Å². The summed E-state index contributed by atoms with van der Waals surface area (Å²) in [4.78, 5) is 15.4. The molecule has 0 fully saturated rings. The molecule has 4 nitrogen and oxygen atoms in total. The van der Waals surface area contributed by atoms with E-state index in [1.807, 2.05) is 25.1 Å². The van der Waals surface area contributed by atoms with Gasteiger partial charge in [-0.3, -0.25) is 0 Å². The van der Waals surface area contributed by atoms with Gasteiger partial charge in [-0.05, 0) is 24.6 Å². The van der Waals surface area contributed by atoms with Crippen molar-refractivity contribution >= 4 is 17.1 Å². The number of aryl methyl sites for hydroxylation is 1. The smallest absolute Gasteiger partial charge is 0.419 e. The van der Waals surface area contributed by atoms with Crippen LogP contribution in [-0.2, 0) is 4.74 Å². The molecular formula is C10H10N2O2. The fraction of sp³-hybridized carbons (Fsp3) is 0.200. The van der Waals surface area contributed by atoms with Gasteiger partial charge in [0.2, 0.25) is 0 Å². The third-order valence-electron chi connectivity index (χ3n) is 2.07. The minimum atomic E-state index is -0.420. The average Bonchev–Trinajstić information content (AvgIpc) is 2.59. The summed E-state index contributed by atoms with van der Waals surface area (Å²) in [6.07, 6.45) is 1.05. The Kier molecular flexibility index (Phi) is 1.96. The van der Waals surface area contributed by atoms with Crippen LogP contribution in [0.15, 0.2) is 24.5 Å². The van der Waals surface area contributed by atoms with E-state index in [4.69, 9.17) is 0 Å². The average molecular weight is 190 g/mol. The zero-order valence-corrected chi connectivity index (χ0v) is 8.02. The number of benzene rings is 1. The lowest BCUT2D eigenvalue weighted by Crippen LogP contribution is -2.09. The van der Waals surface area contributed by atoms with Crippen molar-refractivity contribution in [3.63, 3.8) is 0 Å². The molecule has 2 rings (SSSR count). The minimum absolute atomic E-state index is 0.420. The van der Waals surface area contributed by atoms with Crippen molar-refractivity contribution in [2.45, 2.75) is 6.92 Å². The summed E-state index contributed by atoms with van der Waals surface area (Å²) in [6.45, 7) is 1.98. The van der Waals surface area contributed by atoms with Gasteiger partial charge < -0.3 is 4.74 Å². The maximum absolute atomic E-state index is 11.3. The number of imidazole rings is 1. The van der Waals surface area contributed by atoms with Gasteiger partial charge in [-0.25, -0.2) is 14.3 Å². The lowest BCUT2D eigenvalue weighted by molar-refractivity contribution is 0.174. The van der Waals surface area contributed by atoms with Crippen LogP contribution in [0.2, 0.25) is 0 Å². The van der Waals surface area contributed by atoms with E-state index in [0.717, 1.165) is 16.6 Å². The monoisotopic (exact) mass is 190 g/mol. The highest BCUT2D eigenvalue weighted by Gasteiger charge is 2.08. The second-order valence-corrected chi connectivity index (χ2v) is 3.08. The molecule has 72 valence electrons. The second-order valence-electron chi connectivity index (χ2n) is 3.08. The Bertz CT molecular complexity index is 488. The van der Waals surface area contributed by atoms with Gasteiger partial charge in [-0.15, -0.1) is 0 Å². The van der Waals surface area contributed by atoms with Crippen molar-refractivity contribution in [1.82, 2.24) is 9.55 Å². The van der Waals surface area contributed by atoms with Crippen LogP contribution in [0, 0.1) is 6.92 Å². The van der Waals surface area contributed by atoms with Crippen molar-refractivity contribution in [3.8, 4) is 0 Å². The van der Waals surface area contributed by atoms with Gasteiger partial charge >= 0.3 is 6.09 Å². The normalized spacial score (nSPS) is 10.4. The van der Waals surface area contributed by atoms with Gasteiger partial charge in [-0.2, -0.15) is 0 Å². The van der Waals surface area contributed by atoms with Crippen LogP contribution >= 0.6 is 0 Å². The van der Waals surface area contributed by atoms with Crippen molar-refractivity contribution in [3.05, 3.63) is 30.1 Å². The molecule has 0 N–H and O–H groups in total. The first-order valence-electron chi connectivity index (χ1n) is 4.24. The van der Waals surface area contributed by atoms with Gasteiger partial charge in [0.15, 0.2) is 0 Å². The Balaban J connectivity index is 2.64. The molecule has 0 spiro atoms. The van der Waals surface area contributed by atoms with E-state index in [-0.39, 0.29) is 0 Å². The summed E-state index contributed by atoms with van der Waals surface area (Å²) in [5.74, 6) is 0. The summed E-state index contributed by atoms with van der Waals surface area (Å²) >= 11 is 0. The minimum Gasteiger partial charge on any atom is -0.452 e. The van der Waals surface area contributed by atoms with E-state index < -0.39 is 6.09 Å². The fourth-order valence-electron chi connectivity index (χ4n) is 1.37. The zero-order chi connectivity index (χ0) is 10.1. The fourth-order valence-corrected chi connectivity index (χ4v) is 1.37. The number of carbonyl (C=O) groups excluding carboxylic acids is 1. The molecule has 0 saturated carbocycles. The summed E-state index contributed by atoms with van der Waals surface area (Å²) in [5, 5.41) is 0. The van der Waals surface area contributed by atoms with Gasteiger partial charge in [0.1, 0.15) is 6.33 Å². The SMILES string of the molecule is COC(=O)n1cnc2cc(C)ccc21. The molecule has 0 amide bonds. The molecule has 1 aromatic heterocycles. The number of aromatic nitrogens is 2. The van der Waals surface area contributed by atoms with Gasteiger partial charge in [0.05, 0.1) is 18.1 Å². The van der Waals surface area contributed by atoms with Crippen LogP contribution in [0.3, 0.4) is 0 Å². The van der Waals surface area contributed by atoms with Crippen LogP contribution in [0.1, 0.15) is 5.56 Å². The number of methoxy groups -OCH3 is 1. The topological polar surface area (TPSA) is 44.1 Å². The van der Waals surface area contributed by atoms with Gasteiger partial charge in [0.25, 0.3) is 0 Å². The third kappa shape index (κ3) is 1.25. The summed E-state index contributed by atoms with van der Waals surface area (Å²) in [7, 11) is 1.35. The second kappa shape index (κ2) is 3.14. The molecule has 2 aromatic rings. The molecule has 0 radical (unpaired) electrons. The zero-order valence-electron chi connectivity index (χ0n) is 8.02. The number of carbonyl (C=O) groups is 1. The van der Waals surface area contributed by atoms with Crippen LogP contribution in [0.5, 0.6) is 0 Å². The maximum Gasteiger partial charge on any atom is 0.419 e. The first kappa shape index (κ1) is 8.74. The van der Waals surface area contributed by atoms with Crippen LogP contribution in [-0.4, -0.2) is 22.8 Å². The number of fused-ring (bicyclic) bond motifs is 1. The molecule has 4 heteroatoms. The number of hydrogen-bond donors (Lipinski definition) is 0.